The van der Waals surface area contributed by atoms with Crippen molar-refractivity contribution in [3.8, 4) is 0 Å². The largest absolute Gasteiger partial charge is 0.351 e. The fourth-order valence-electron chi connectivity index (χ4n) is 3.62. The highest BCUT2D eigenvalue weighted by Gasteiger charge is 2.22. The molecule has 2 aromatic rings. The molecule has 0 unspecified atom stereocenters. The number of rotatable bonds is 2. The summed E-state index contributed by atoms with van der Waals surface area (Å²) in [6.45, 7) is 0. The van der Waals surface area contributed by atoms with Crippen molar-refractivity contribution >= 4 is 39.1 Å². The van der Waals surface area contributed by atoms with Crippen LogP contribution in [0.15, 0.2) is 0 Å². The Labute approximate surface area is 134 Å². The number of anilines is 1. The lowest BCUT2D eigenvalue weighted by molar-refractivity contribution is 0.615. The lowest BCUT2D eigenvalue weighted by Gasteiger charge is -2.16. The van der Waals surface area contributed by atoms with E-state index < -0.39 is 0 Å². The monoisotopic (exact) mass is 321 g/mol. The molecule has 1 fully saturated rings. The van der Waals surface area contributed by atoms with Gasteiger partial charge in [0.1, 0.15) is 9.98 Å². The zero-order valence-electron chi connectivity index (χ0n) is 12.1. The van der Waals surface area contributed by atoms with Crippen molar-refractivity contribution < 1.29 is 0 Å². The average Bonchev–Trinajstić information content (AvgIpc) is 2.92. The number of nitrogens with zero attached hydrogens (tertiary/aromatic N) is 2. The molecule has 0 radical (unpaired) electrons. The van der Waals surface area contributed by atoms with Crippen molar-refractivity contribution in [2.24, 2.45) is 0 Å². The van der Waals surface area contributed by atoms with Crippen LogP contribution in [0.2, 0.25) is 5.15 Å². The first-order valence-corrected chi connectivity index (χ1v) is 9.25. The predicted octanol–water partition coefficient (Wildman–Crippen LogP) is 4.97. The molecule has 112 valence electrons. The number of fused-ring (bicyclic) bond motifs is 3. The van der Waals surface area contributed by atoms with Gasteiger partial charge in [-0.3, -0.25) is 0 Å². The molecular formula is C16H20ClN3S. The van der Waals surface area contributed by atoms with Crippen molar-refractivity contribution in [1.82, 2.24) is 9.97 Å². The highest BCUT2D eigenvalue weighted by Crippen LogP contribution is 2.39. The Hall–Kier alpha value is -0.870. The van der Waals surface area contributed by atoms with Crippen molar-refractivity contribution in [1.29, 1.82) is 0 Å². The van der Waals surface area contributed by atoms with Crippen molar-refractivity contribution in [2.75, 3.05) is 5.32 Å². The second-order valence-corrected chi connectivity index (χ2v) is 7.65. The summed E-state index contributed by atoms with van der Waals surface area (Å²) in [7, 11) is 0. The molecule has 2 aliphatic rings. The van der Waals surface area contributed by atoms with Crippen LogP contribution < -0.4 is 5.32 Å². The van der Waals surface area contributed by atoms with Gasteiger partial charge in [-0.25, -0.2) is 9.97 Å². The van der Waals surface area contributed by atoms with Crippen molar-refractivity contribution in [3.05, 3.63) is 15.6 Å². The first-order chi connectivity index (χ1) is 10.3. The Balaban J connectivity index is 1.64. The predicted molar refractivity (Wildman–Crippen MR) is 89.6 cm³/mol. The molecule has 0 saturated heterocycles. The molecule has 0 atom stereocenters. The molecule has 0 spiro atoms. The SMILES string of the molecule is Clc1nc(NC2CCCCCC2)nc2sc3c(c12)CCC3. The molecule has 3 nitrogen and oxygen atoms in total. The van der Waals surface area contributed by atoms with E-state index in [9.17, 15) is 0 Å². The highest BCUT2D eigenvalue weighted by atomic mass is 35.5. The van der Waals surface area contributed by atoms with Gasteiger partial charge >= 0.3 is 0 Å². The summed E-state index contributed by atoms with van der Waals surface area (Å²) in [5, 5.41) is 5.26. The number of aromatic nitrogens is 2. The van der Waals surface area contributed by atoms with E-state index in [2.05, 4.69) is 10.3 Å². The summed E-state index contributed by atoms with van der Waals surface area (Å²) in [6.07, 6.45) is 11.3. The van der Waals surface area contributed by atoms with E-state index in [4.69, 9.17) is 16.6 Å². The topological polar surface area (TPSA) is 37.8 Å². The fraction of sp³-hybridized carbons (Fsp3) is 0.625. The molecule has 5 heteroatoms. The number of thiophene rings is 1. The van der Waals surface area contributed by atoms with Gasteiger partial charge < -0.3 is 5.32 Å². The van der Waals surface area contributed by atoms with Crippen LogP contribution in [0.4, 0.5) is 5.95 Å². The van der Waals surface area contributed by atoms with E-state index in [1.165, 1.54) is 61.8 Å². The molecule has 2 aliphatic carbocycles. The molecule has 1 saturated carbocycles. The molecule has 0 amide bonds. The average molecular weight is 322 g/mol. The first kappa shape index (κ1) is 13.8. The van der Waals surface area contributed by atoms with Crippen LogP contribution in [0.25, 0.3) is 10.2 Å². The van der Waals surface area contributed by atoms with Gasteiger partial charge in [-0.15, -0.1) is 11.3 Å². The second kappa shape index (κ2) is 5.73. The molecule has 1 N–H and O–H groups in total. The zero-order valence-corrected chi connectivity index (χ0v) is 13.7. The minimum Gasteiger partial charge on any atom is -0.351 e. The number of hydrogen-bond donors (Lipinski definition) is 1. The highest BCUT2D eigenvalue weighted by molar-refractivity contribution is 7.19. The van der Waals surface area contributed by atoms with E-state index >= 15 is 0 Å². The molecule has 4 rings (SSSR count). The van der Waals surface area contributed by atoms with E-state index in [1.807, 2.05) is 0 Å². The third-order valence-corrected chi connectivity index (χ3v) is 6.17. The van der Waals surface area contributed by atoms with Crippen LogP contribution >= 0.6 is 22.9 Å². The van der Waals surface area contributed by atoms with Gasteiger partial charge in [0.25, 0.3) is 0 Å². The van der Waals surface area contributed by atoms with Gasteiger partial charge in [0.2, 0.25) is 5.95 Å². The molecule has 21 heavy (non-hydrogen) atoms. The quantitative estimate of drug-likeness (QED) is 0.627. The van der Waals surface area contributed by atoms with Gasteiger partial charge in [0, 0.05) is 10.9 Å². The van der Waals surface area contributed by atoms with Crippen LogP contribution in [-0.4, -0.2) is 16.0 Å². The molecule has 2 heterocycles. The summed E-state index contributed by atoms with van der Waals surface area (Å²) >= 11 is 8.26. The number of nitrogens with one attached hydrogen (secondary N) is 1. The lowest BCUT2D eigenvalue weighted by Crippen LogP contribution is -2.19. The third kappa shape index (κ3) is 2.64. The Morgan fingerprint density at radius 1 is 1.00 bits per heavy atom. The normalized spacial score (nSPS) is 19.7. The maximum atomic E-state index is 6.45. The Kier molecular flexibility index (Phi) is 3.76. The van der Waals surface area contributed by atoms with Gasteiger partial charge in [0.05, 0.1) is 5.39 Å². The maximum absolute atomic E-state index is 6.45. The van der Waals surface area contributed by atoms with Crippen LogP contribution in [0.3, 0.4) is 0 Å². The molecule has 0 aliphatic heterocycles. The van der Waals surface area contributed by atoms with Crippen LogP contribution in [0.1, 0.15) is 55.4 Å². The Morgan fingerprint density at radius 3 is 2.62 bits per heavy atom. The lowest BCUT2D eigenvalue weighted by atomic mass is 10.1. The summed E-state index contributed by atoms with van der Waals surface area (Å²) in [4.78, 5) is 11.8. The third-order valence-electron chi connectivity index (χ3n) is 4.71. The van der Waals surface area contributed by atoms with Crippen LogP contribution in [0.5, 0.6) is 0 Å². The molecule has 0 aromatic carbocycles. The standard InChI is InChI=1S/C16H20ClN3S/c17-14-13-11-8-5-9-12(11)21-15(13)20-16(19-14)18-10-6-3-1-2-4-7-10/h10H,1-9H2,(H,18,19,20). The minimum absolute atomic E-state index is 0.507. The zero-order chi connectivity index (χ0) is 14.2. The molecular weight excluding hydrogens is 302 g/mol. The van der Waals surface area contributed by atoms with E-state index in [1.54, 1.807) is 11.3 Å². The van der Waals surface area contributed by atoms with Gasteiger partial charge in [-0.2, -0.15) is 0 Å². The smallest absolute Gasteiger partial charge is 0.225 e. The summed E-state index contributed by atoms with van der Waals surface area (Å²) in [5.74, 6) is 0.722. The van der Waals surface area contributed by atoms with Crippen molar-refractivity contribution in [3.63, 3.8) is 0 Å². The maximum Gasteiger partial charge on any atom is 0.225 e. The minimum atomic E-state index is 0.507. The van der Waals surface area contributed by atoms with E-state index in [0.29, 0.717) is 11.2 Å². The molecule has 2 aromatic heterocycles. The summed E-state index contributed by atoms with van der Waals surface area (Å²) in [5.41, 5.74) is 1.40. The van der Waals surface area contributed by atoms with Gasteiger partial charge in [0.15, 0.2) is 0 Å². The Bertz CT molecular complexity index is 659. The van der Waals surface area contributed by atoms with Gasteiger partial charge in [-0.1, -0.05) is 37.3 Å². The van der Waals surface area contributed by atoms with Gasteiger partial charge in [-0.05, 0) is 37.7 Å². The van der Waals surface area contributed by atoms with Crippen molar-refractivity contribution in [2.45, 2.75) is 63.8 Å². The van der Waals surface area contributed by atoms with E-state index in [0.717, 1.165) is 22.6 Å². The van der Waals surface area contributed by atoms with E-state index in [-0.39, 0.29) is 0 Å². The fourth-order valence-corrected chi connectivity index (χ4v) is 5.22. The summed E-state index contributed by atoms with van der Waals surface area (Å²) < 4.78 is 0. The number of hydrogen-bond acceptors (Lipinski definition) is 4. The second-order valence-electron chi connectivity index (χ2n) is 6.21. The first-order valence-electron chi connectivity index (χ1n) is 8.05. The summed E-state index contributed by atoms with van der Waals surface area (Å²) in [6, 6.07) is 0.507. The Morgan fingerprint density at radius 2 is 1.81 bits per heavy atom. The van der Waals surface area contributed by atoms with Crippen LogP contribution in [0, 0.1) is 0 Å². The van der Waals surface area contributed by atoms with Crippen LogP contribution in [-0.2, 0) is 12.8 Å². The number of aryl methyl sites for hydroxylation is 2. The molecule has 0 bridgehead atoms. The number of halogens is 1.